The number of benzene rings is 1. The van der Waals surface area contributed by atoms with Crippen molar-refractivity contribution in [2.75, 3.05) is 12.5 Å². The van der Waals surface area contributed by atoms with E-state index in [1.165, 1.54) is 38.2 Å². The van der Waals surface area contributed by atoms with Crippen molar-refractivity contribution in [2.45, 2.75) is 74.4 Å². The predicted molar refractivity (Wildman–Crippen MR) is 108 cm³/mol. The Morgan fingerprint density at radius 3 is 1.67 bits per heavy atom. The molecular weight excluding hydrogens is 329 g/mol. The maximum atomic E-state index is 12.0. The Morgan fingerprint density at radius 1 is 0.958 bits per heavy atom. The van der Waals surface area contributed by atoms with Crippen LogP contribution in [-0.4, -0.2) is 12.5 Å². The van der Waals surface area contributed by atoms with Gasteiger partial charge < -0.3 is 0 Å². The molecule has 0 heterocycles. The van der Waals surface area contributed by atoms with Gasteiger partial charge in [0, 0.05) is 0 Å². The fraction of sp³-hybridized carbons (Fsp3) is 0.700. The molecule has 1 aromatic rings. The number of hydrogen-bond acceptors (Lipinski definition) is 1. The van der Waals surface area contributed by atoms with E-state index in [2.05, 4.69) is 6.92 Å². The molecular formula is C20H39F3S. The van der Waals surface area contributed by atoms with Gasteiger partial charge in [-0.1, -0.05) is 85.1 Å². The molecule has 1 aromatic carbocycles. The van der Waals surface area contributed by atoms with E-state index in [1.54, 1.807) is 24.8 Å². The highest BCUT2D eigenvalue weighted by Crippen LogP contribution is 2.29. The summed E-state index contributed by atoms with van der Waals surface area (Å²) in [4.78, 5) is 0. The summed E-state index contributed by atoms with van der Waals surface area (Å²) in [5, 5.41) is 0. The van der Waals surface area contributed by atoms with Crippen LogP contribution in [0.15, 0.2) is 24.3 Å². The van der Waals surface area contributed by atoms with Gasteiger partial charge in [-0.05, 0) is 31.4 Å². The first-order valence-corrected chi connectivity index (χ1v) is 8.98. The molecule has 146 valence electrons. The number of halogens is 3. The Morgan fingerprint density at radius 2 is 1.42 bits per heavy atom. The second-order valence-electron chi connectivity index (χ2n) is 5.52. The van der Waals surface area contributed by atoms with Crippen molar-refractivity contribution in [2.24, 2.45) is 5.92 Å². The molecule has 0 spiro atoms. The molecule has 0 nitrogen and oxygen atoms in total. The molecule has 0 bridgehead atoms. The number of thioether (sulfide) groups is 1. The van der Waals surface area contributed by atoms with Crippen molar-refractivity contribution in [3.8, 4) is 0 Å². The fourth-order valence-corrected chi connectivity index (χ4v) is 2.13. The summed E-state index contributed by atoms with van der Waals surface area (Å²) in [5.74, 6) is 1.04. The Hall–Kier alpha value is -0.640. The summed E-state index contributed by atoms with van der Waals surface area (Å²) in [7, 11) is 0. The van der Waals surface area contributed by atoms with Crippen LogP contribution in [0.1, 0.15) is 72.4 Å². The molecule has 0 aliphatic heterocycles. The zero-order valence-corrected chi connectivity index (χ0v) is 14.3. The van der Waals surface area contributed by atoms with Crippen LogP contribution in [0.4, 0.5) is 13.2 Å². The second-order valence-corrected chi connectivity index (χ2v) is 6.34. The Bertz CT molecular complexity index is 369. The molecule has 24 heavy (non-hydrogen) atoms. The van der Waals surface area contributed by atoms with Gasteiger partial charge in [-0.2, -0.15) is 24.9 Å². The lowest BCUT2D eigenvalue weighted by Gasteiger charge is -2.15. The topological polar surface area (TPSA) is 0 Å². The maximum Gasteiger partial charge on any atom is 0.416 e. The molecule has 0 N–H and O–H groups in total. The average Bonchev–Trinajstić information content (AvgIpc) is 2.40. The van der Waals surface area contributed by atoms with Gasteiger partial charge in [0.25, 0.3) is 0 Å². The van der Waals surface area contributed by atoms with Gasteiger partial charge in [0.1, 0.15) is 0 Å². The highest BCUT2D eigenvalue weighted by atomic mass is 32.2. The van der Waals surface area contributed by atoms with E-state index in [4.69, 9.17) is 0 Å². The highest BCUT2D eigenvalue weighted by molar-refractivity contribution is 7.97. The Kier molecular flexibility index (Phi) is 22.3. The molecule has 4 heteroatoms. The van der Waals surface area contributed by atoms with Crippen LogP contribution in [-0.2, 0) is 6.18 Å². The minimum absolute atomic E-state index is 0. The molecule has 0 unspecified atom stereocenters. The van der Waals surface area contributed by atoms with E-state index in [1.807, 2.05) is 12.5 Å². The van der Waals surface area contributed by atoms with Crippen LogP contribution in [0.3, 0.4) is 0 Å². The number of aryl methyl sites for hydroxylation is 1. The van der Waals surface area contributed by atoms with Gasteiger partial charge in [0.05, 0.1) is 5.56 Å². The largest absolute Gasteiger partial charge is 0.416 e. The van der Waals surface area contributed by atoms with Crippen molar-refractivity contribution in [1.29, 1.82) is 0 Å². The predicted octanol–water partition coefficient (Wildman–Crippen LogP) is 8.49. The van der Waals surface area contributed by atoms with Gasteiger partial charge in [-0.3, -0.25) is 0 Å². The quantitative estimate of drug-likeness (QED) is 0.442. The first-order valence-electron chi connectivity index (χ1n) is 7.35. The third kappa shape index (κ3) is 16.2. The zero-order chi connectivity index (χ0) is 16.3. The minimum atomic E-state index is -4.22. The Balaban J connectivity index is -0.000000135. The van der Waals surface area contributed by atoms with Crippen molar-refractivity contribution >= 4 is 11.8 Å². The lowest BCUT2D eigenvalue weighted by molar-refractivity contribution is -0.137. The molecule has 0 atom stereocenters. The summed E-state index contributed by atoms with van der Waals surface area (Å²) >= 11 is 1.75. The van der Waals surface area contributed by atoms with Gasteiger partial charge in [0.2, 0.25) is 0 Å². The fourth-order valence-electron chi connectivity index (χ4n) is 2.13. The third-order valence-electron chi connectivity index (χ3n) is 3.24. The van der Waals surface area contributed by atoms with Crippen LogP contribution in [0.2, 0.25) is 0 Å². The van der Waals surface area contributed by atoms with Crippen molar-refractivity contribution in [1.82, 2.24) is 0 Å². The summed E-state index contributed by atoms with van der Waals surface area (Å²) in [6.45, 7) is 3.99. The monoisotopic (exact) mass is 368 g/mol. The summed E-state index contributed by atoms with van der Waals surface area (Å²) < 4.78 is 35.9. The van der Waals surface area contributed by atoms with Crippen LogP contribution < -0.4 is 0 Å². The summed E-state index contributed by atoms with van der Waals surface area (Å²) in [5.41, 5.74) is 0.0392. The SMILES string of the molecule is C.C.C.CC1CCCCC1.CSC.Cc1cccc(C(F)(F)F)c1. The molecule has 0 saturated heterocycles. The first kappa shape index (κ1) is 31.2. The number of hydrogen-bond donors (Lipinski definition) is 0. The standard InChI is InChI=1S/C8H7F3.C7H14.C2H6S.3CH4/c1-6-3-2-4-7(5-6)8(9,10)11;1-7-5-3-2-4-6-7;1-3-2;;;/h2-5H,1H3;7H,2-6H2,1H3;1-2H3;3*1H4. The van der Waals surface area contributed by atoms with Gasteiger partial charge in [-0.15, -0.1) is 0 Å². The summed E-state index contributed by atoms with van der Waals surface area (Å²) in [6, 6.07) is 5.22. The van der Waals surface area contributed by atoms with Crippen molar-refractivity contribution in [3.63, 3.8) is 0 Å². The van der Waals surface area contributed by atoms with Crippen molar-refractivity contribution in [3.05, 3.63) is 35.4 Å². The van der Waals surface area contributed by atoms with E-state index in [0.717, 1.165) is 18.1 Å². The van der Waals surface area contributed by atoms with E-state index in [-0.39, 0.29) is 22.3 Å². The van der Waals surface area contributed by atoms with Crippen LogP contribution in [0.25, 0.3) is 0 Å². The van der Waals surface area contributed by atoms with Gasteiger partial charge in [0.15, 0.2) is 0 Å². The molecule has 2 rings (SSSR count). The highest BCUT2D eigenvalue weighted by Gasteiger charge is 2.29. The van der Waals surface area contributed by atoms with E-state index in [9.17, 15) is 13.2 Å². The first-order chi connectivity index (χ1) is 9.81. The normalized spacial score (nSPS) is 13.5. The van der Waals surface area contributed by atoms with Crippen LogP contribution in [0, 0.1) is 12.8 Å². The second kappa shape index (κ2) is 17.2. The molecule has 1 aliphatic rings. The summed E-state index contributed by atoms with van der Waals surface area (Å²) in [6.07, 6.45) is 7.30. The van der Waals surface area contributed by atoms with Gasteiger partial charge in [-0.25, -0.2) is 0 Å². The average molecular weight is 369 g/mol. The van der Waals surface area contributed by atoms with E-state index in [0.29, 0.717) is 5.56 Å². The smallest absolute Gasteiger partial charge is 0.169 e. The molecule has 1 fully saturated rings. The van der Waals surface area contributed by atoms with Crippen molar-refractivity contribution < 1.29 is 13.2 Å². The third-order valence-corrected chi connectivity index (χ3v) is 3.24. The van der Waals surface area contributed by atoms with Crippen LogP contribution in [0.5, 0.6) is 0 Å². The van der Waals surface area contributed by atoms with E-state index >= 15 is 0 Å². The number of alkyl halides is 3. The lowest BCUT2D eigenvalue weighted by Crippen LogP contribution is -2.04. The van der Waals surface area contributed by atoms with Gasteiger partial charge >= 0.3 is 6.18 Å². The molecule has 1 saturated carbocycles. The van der Waals surface area contributed by atoms with E-state index < -0.39 is 11.7 Å². The number of rotatable bonds is 0. The molecule has 0 radical (unpaired) electrons. The maximum absolute atomic E-state index is 12.0. The lowest BCUT2D eigenvalue weighted by atomic mass is 9.91. The molecule has 0 aromatic heterocycles. The minimum Gasteiger partial charge on any atom is -0.169 e. The van der Waals surface area contributed by atoms with Crippen LogP contribution >= 0.6 is 11.8 Å². The zero-order valence-electron chi connectivity index (χ0n) is 13.5. The molecule has 1 aliphatic carbocycles. The Labute approximate surface area is 153 Å². The molecule has 0 amide bonds.